The second kappa shape index (κ2) is 5.53. The third-order valence-electron chi connectivity index (χ3n) is 5.08. The molecule has 26 heavy (non-hydrogen) atoms. The smallest absolute Gasteiger partial charge is 0.258 e. The molecule has 3 aromatic carbocycles. The first-order valence-corrected chi connectivity index (χ1v) is 8.59. The zero-order valence-electron chi connectivity index (χ0n) is 14.0. The molecule has 0 saturated carbocycles. The van der Waals surface area contributed by atoms with Crippen molar-refractivity contribution in [1.82, 2.24) is 0 Å². The molecule has 0 aromatic heterocycles. The number of nitrogens with zero attached hydrogens (tertiary/aromatic N) is 1. The van der Waals surface area contributed by atoms with Crippen LogP contribution in [0, 0.1) is 0 Å². The number of benzene rings is 3. The maximum atomic E-state index is 12.0. The van der Waals surface area contributed by atoms with Crippen LogP contribution >= 0.6 is 0 Å². The van der Waals surface area contributed by atoms with E-state index in [1.807, 2.05) is 18.2 Å². The molecule has 3 nitrogen and oxygen atoms in total. The molecule has 0 unspecified atom stereocenters. The van der Waals surface area contributed by atoms with Crippen molar-refractivity contribution in [3.63, 3.8) is 0 Å². The molecule has 0 atom stereocenters. The Hall–Kier alpha value is -3.46. The fourth-order valence-corrected chi connectivity index (χ4v) is 3.90. The molecule has 2 aliphatic rings. The number of carbonyl (C=O) groups excluding carboxylic acids is 2. The highest BCUT2D eigenvalue weighted by molar-refractivity contribution is 6.28. The molecule has 1 aliphatic carbocycles. The summed E-state index contributed by atoms with van der Waals surface area (Å²) in [4.78, 5) is 25.2. The number of carbonyl (C=O) groups is 2. The fraction of sp³-hybridized carbons (Fsp3) is 0.0435. The van der Waals surface area contributed by atoms with Gasteiger partial charge in [-0.3, -0.25) is 9.59 Å². The SMILES string of the molecule is O=C1C=CC(=O)N1c1cccc(-c2cccc3c2Cc2ccccc2-3)c1. The van der Waals surface area contributed by atoms with Crippen molar-refractivity contribution in [1.29, 1.82) is 0 Å². The second-order valence-electron chi connectivity index (χ2n) is 6.56. The molecule has 1 aliphatic heterocycles. The van der Waals surface area contributed by atoms with E-state index in [0.29, 0.717) is 5.69 Å². The van der Waals surface area contributed by atoms with E-state index in [9.17, 15) is 9.59 Å². The van der Waals surface area contributed by atoms with Crippen LogP contribution < -0.4 is 4.90 Å². The number of amides is 2. The Kier molecular flexibility index (Phi) is 3.16. The van der Waals surface area contributed by atoms with E-state index in [0.717, 1.165) is 17.5 Å². The molecule has 0 radical (unpaired) electrons. The molecule has 124 valence electrons. The number of imide groups is 1. The number of hydrogen-bond acceptors (Lipinski definition) is 2. The van der Waals surface area contributed by atoms with Crippen molar-refractivity contribution in [3.8, 4) is 22.3 Å². The van der Waals surface area contributed by atoms with E-state index >= 15 is 0 Å². The summed E-state index contributed by atoms with van der Waals surface area (Å²) in [6.45, 7) is 0. The minimum Gasteiger partial charge on any atom is -0.269 e. The lowest BCUT2D eigenvalue weighted by atomic mass is 9.95. The van der Waals surface area contributed by atoms with Gasteiger partial charge in [-0.25, -0.2) is 4.90 Å². The van der Waals surface area contributed by atoms with Crippen LogP contribution in [0.25, 0.3) is 22.3 Å². The van der Waals surface area contributed by atoms with Crippen molar-refractivity contribution < 1.29 is 9.59 Å². The largest absolute Gasteiger partial charge is 0.269 e. The molecule has 2 amide bonds. The lowest BCUT2D eigenvalue weighted by Crippen LogP contribution is -2.29. The highest BCUT2D eigenvalue weighted by Gasteiger charge is 2.26. The summed E-state index contributed by atoms with van der Waals surface area (Å²) in [7, 11) is 0. The highest BCUT2D eigenvalue weighted by atomic mass is 16.2. The quantitative estimate of drug-likeness (QED) is 0.510. The molecule has 0 saturated heterocycles. The standard InChI is InChI=1S/C23H15NO2/c25-22-11-12-23(26)24(22)17-7-3-6-15(13-17)19-9-4-10-20-18-8-2-1-5-16(18)14-21(19)20/h1-13H,14H2. The van der Waals surface area contributed by atoms with Gasteiger partial charge in [0.25, 0.3) is 11.8 Å². The number of hydrogen-bond donors (Lipinski definition) is 0. The fourth-order valence-electron chi connectivity index (χ4n) is 3.90. The summed E-state index contributed by atoms with van der Waals surface area (Å²) in [6, 6.07) is 22.4. The zero-order chi connectivity index (χ0) is 17.7. The lowest BCUT2D eigenvalue weighted by Gasteiger charge is -2.16. The lowest BCUT2D eigenvalue weighted by molar-refractivity contribution is -0.119. The number of rotatable bonds is 2. The Bertz CT molecular complexity index is 1090. The van der Waals surface area contributed by atoms with Crippen molar-refractivity contribution in [3.05, 3.63) is 90.0 Å². The van der Waals surface area contributed by atoms with Gasteiger partial charge in [-0.15, -0.1) is 0 Å². The average molecular weight is 337 g/mol. The van der Waals surface area contributed by atoms with Gasteiger partial charge in [0.1, 0.15) is 0 Å². The summed E-state index contributed by atoms with van der Waals surface area (Å²) in [6.07, 6.45) is 3.52. The Morgan fingerprint density at radius 3 is 2.23 bits per heavy atom. The summed E-state index contributed by atoms with van der Waals surface area (Å²) < 4.78 is 0. The number of anilines is 1. The van der Waals surface area contributed by atoms with E-state index < -0.39 is 0 Å². The van der Waals surface area contributed by atoms with Gasteiger partial charge in [0.15, 0.2) is 0 Å². The van der Waals surface area contributed by atoms with Crippen LogP contribution in [0.5, 0.6) is 0 Å². The van der Waals surface area contributed by atoms with E-state index in [2.05, 4.69) is 42.5 Å². The van der Waals surface area contributed by atoms with Crippen molar-refractivity contribution in [2.24, 2.45) is 0 Å². The first kappa shape index (κ1) is 14.8. The summed E-state index contributed by atoms with van der Waals surface area (Å²) in [5.74, 6) is -0.587. The van der Waals surface area contributed by atoms with Gasteiger partial charge >= 0.3 is 0 Å². The second-order valence-corrected chi connectivity index (χ2v) is 6.56. The molecule has 3 heteroatoms. The molecular weight excluding hydrogens is 322 g/mol. The zero-order valence-corrected chi connectivity index (χ0v) is 14.0. The van der Waals surface area contributed by atoms with E-state index in [1.54, 1.807) is 6.07 Å². The van der Waals surface area contributed by atoms with Crippen molar-refractivity contribution in [2.45, 2.75) is 6.42 Å². The maximum absolute atomic E-state index is 12.0. The van der Waals surface area contributed by atoms with Gasteiger partial charge in [-0.2, -0.15) is 0 Å². The van der Waals surface area contributed by atoms with E-state index in [-0.39, 0.29) is 11.8 Å². The van der Waals surface area contributed by atoms with Crippen LogP contribution in [0.15, 0.2) is 78.9 Å². The van der Waals surface area contributed by atoms with Gasteiger partial charge in [0.05, 0.1) is 5.69 Å². The molecule has 1 heterocycles. The topological polar surface area (TPSA) is 37.4 Å². The number of fused-ring (bicyclic) bond motifs is 3. The Balaban J connectivity index is 1.62. The van der Waals surface area contributed by atoms with Crippen LogP contribution in [0.3, 0.4) is 0 Å². The summed E-state index contributed by atoms with van der Waals surface area (Å²) in [5.41, 5.74) is 7.94. The van der Waals surface area contributed by atoms with Gasteiger partial charge in [-0.1, -0.05) is 54.6 Å². The van der Waals surface area contributed by atoms with Gasteiger partial charge in [0.2, 0.25) is 0 Å². The molecule has 5 rings (SSSR count). The first-order valence-electron chi connectivity index (χ1n) is 8.59. The molecule has 0 fully saturated rings. The molecular formula is C23H15NO2. The Morgan fingerprint density at radius 1 is 0.692 bits per heavy atom. The normalized spacial score (nSPS) is 14.7. The van der Waals surface area contributed by atoms with Gasteiger partial charge < -0.3 is 0 Å². The van der Waals surface area contributed by atoms with Crippen LogP contribution in [0.1, 0.15) is 11.1 Å². The average Bonchev–Trinajstić information content (AvgIpc) is 3.21. The Morgan fingerprint density at radius 2 is 1.38 bits per heavy atom. The van der Waals surface area contributed by atoms with Crippen molar-refractivity contribution >= 4 is 17.5 Å². The van der Waals surface area contributed by atoms with Gasteiger partial charge in [0, 0.05) is 12.2 Å². The van der Waals surface area contributed by atoms with E-state index in [1.165, 1.54) is 39.3 Å². The van der Waals surface area contributed by atoms with Gasteiger partial charge in [-0.05, 0) is 51.9 Å². The summed E-state index contributed by atoms with van der Waals surface area (Å²) in [5, 5.41) is 0. The molecule has 0 spiro atoms. The highest BCUT2D eigenvalue weighted by Crippen LogP contribution is 2.41. The Labute approximate surface area is 151 Å². The molecule has 0 N–H and O–H groups in total. The predicted molar refractivity (Wildman–Crippen MR) is 102 cm³/mol. The summed E-state index contributed by atoms with van der Waals surface area (Å²) >= 11 is 0. The minimum atomic E-state index is -0.294. The predicted octanol–water partition coefficient (Wildman–Crippen LogP) is 4.35. The van der Waals surface area contributed by atoms with Crippen LogP contribution in [0.2, 0.25) is 0 Å². The minimum absolute atomic E-state index is 0.294. The van der Waals surface area contributed by atoms with E-state index in [4.69, 9.17) is 0 Å². The molecule has 3 aromatic rings. The first-order chi connectivity index (χ1) is 12.7. The maximum Gasteiger partial charge on any atom is 0.258 e. The van der Waals surface area contributed by atoms with Crippen LogP contribution in [-0.2, 0) is 16.0 Å². The molecule has 0 bridgehead atoms. The van der Waals surface area contributed by atoms with Crippen LogP contribution in [0.4, 0.5) is 5.69 Å². The van der Waals surface area contributed by atoms with Crippen molar-refractivity contribution in [2.75, 3.05) is 4.90 Å². The monoisotopic (exact) mass is 337 g/mol. The van der Waals surface area contributed by atoms with Crippen LogP contribution in [-0.4, -0.2) is 11.8 Å². The third kappa shape index (κ3) is 2.14. The third-order valence-corrected chi connectivity index (χ3v) is 5.08.